The van der Waals surface area contributed by atoms with Crippen molar-refractivity contribution in [2.75, 3.05) is 20.3 Å². The standard InChI is InChI=1S/C14H26O3/c1-4-14(11-17-5-2,13(15)16-3)12-9-7-6-8-10-12/h12H,4-11H2,1-3H3. The number of hydrogen-bond donors (Lipinski definition) is 0. The molecule has 100 valence electrons. The molecule has 0 radical (unpaired) electrons. The average molecular weight is 242 g/mol. The van der Waals surface area contributed by atoms with Crippen molar-refractivity contribution < 1.29 is 14.3 Å². The van der Waals surface area contributed by atoms with Crippen LogP contribution >= 0.6 is 0 Å². The minimum absolute atomic E-state index is 0.0830. The second kappa shape index (κ2) is 7.00. The van der Waals surface area contributed by atoms with Gasteiger partial charge in [0.15, 0.2) is 0 Å². The summed E-state index contributed by atoms with van der Waals surface area (Å²) in [6.07, 6.45) is 6.84. The zero-order valence-electron chi connectivity index (χ0n) is 11.5. The van der Waals surface area contributed by atoms with Crippen LogP contribution in [0.2, 0.25) is 0 Å². The van der Waals surface area contributed by atoms with E-state index in [1.165, 1.54) is 26.4 Å². The Labute approximate surface area is 105 Å². The van der Waals surface area contributed by atoms with Crippen LogP contribution in [0.3, 0.4) is 0 Å². The monoisotopic (exact) mass is 242 g/mol. The van der Waals surface area contributed by atoms with Gasteiger partial charge in [0.1, 0.15) is 0 Å². The first kappa shape index (κ1) is 14.5. The number of rotatable bonds is 6. The molecular formula is C14H26O3. The first-order valence-electron chi connectivity index (χ1n) is 6.87. The van der Waals surface area contributed by atoms with E-state index in [0.717, 1.165) is 19.3 Å². The maximum atomic E-state index is 12.2. The van der Waals surface area contributed by atoms with Crippen LogP contribution in [0, 0.1) is 11.3 Å². The van der Waals surface area contributed by atoms with E-state index < -0.39 is 5.41 Å². The minimum atomic E-state index is -0.412. The molecule has 1 aliphatic carbocycles. The lowest BCUT2D eigenvalue weighted by Crippen LogP contribution is -2.44. The molecule has 0 heterocycles. The SMILES string of the molecule is CCOCC(CC)(C(=O)OC)C1CCCCC1. The third kappa shape index (κ3) is 3.21. The number of esters is 1. The van der Waals surface area contributed by atoms with Crippen LogP contribution in [0.5, 0.6) is 0 Å². The second-order valence-corrected chi connectivity index (χ2v) is 4.97. The van der Waals surface area contributed by atoms with Crippen LogP contribution in [0.1, 0.15) is 52.4 Å². The highest BCUT2D eigenvalue weighted by Crippen LogP contribution is 2.42. The lowest BCUT2D eigenvalue weighted by atomic mass is 9.67. The summed E-state index contributed by atoms with van der Waals surface area (Å²) in [6, 6.07) is 0. The first-order chi connectivity index (χ1) is 8.21. The molecule has 0 aromatic rings. The fourth-order valence-corrected chi connectivity index (χ4v) is 3.02. The second-order valence-electron chi connectivity index (χ2n) is 4.97. The number of ether oxygens (including phenoxy) is 2. The Morgan fingerprint density at radius 1 is 1.24 bits per heavy atom. The van der Waals surface area contributed by atoms with Gasteiger partial charge in [0.05, 0.1) is 19.1 Å². The van der Waals surface area contributed by atoms with Gasteiger partial charge >= 0.3 is 5.97 Å². The Morgan fingerprint density at radius 2 is 1.88 bits per heavy atom. The van der Waals surface area contributed by atoms with Crippen molar-refractivity contribution in [2.45, 2.75) is 52.4 Å². The van der Waals surface area contributed by atoms with Crippen LogP contribution in [-0.2, 0) is 14.3 Å². The molecule has 0 amide bonds. The van der Waals surface area contributed by atoms with Crippen molar-refractivity contribution >= 4 is 5.97 Å². The minimum Gasteiger partial charge on any atom is -0.469 e. The van der Waals surface area contributed by atoms with E-state index in [1.54, 1.807) is 0 Å². The zero-order valence-corrected chi connectivity index (χ0v) is 11.5. The van der Waals surface area contributed by atoms with E-state index in [2.05, 4.69) is 6.92 Å². The van der Waals surface area contributed by atoms with Gasteiger partial charge in [0.2, 0.25) is 0 Å². The smallest absolute Gasteiger partial charge is 0.314 e. The van der Waals surface area contributed by atoms with Gasteiger partial charge in [-0.15, -0.1) is 0 Å². The van der Waals surface area contributed by atoms with Crippen LogP contribution in [0.15, 0.2) is 0 Å². The van der Waals surface area contributed by atoms with Crippen LogP contribution in [-0.4, -0.2) is 26.3 Å². The highest BCUT2D eigenvalue weighted by atomic mass is 16.5. The Hall–Kier alpha value is -0.570. The molecule has 0 aromatic heterocycles. The third-order valence-corrected chi connectivity index (χ3v) is 4.17. The summed E-state index contributed by atoms with van der Waals surface area (Å²) >= 11 is 0. The summed E-state index contributed by atoms with van der Waals surface area (Å²) in [7, 11) is 1.49. The summed E-state index contributed by atoms with van der Waals surface area (Å²) in [6.45, 7) is 5.21. The molecule has 0 saturated heterocycles. The molecule has 17 heavy (non-hydrogen) atoms. The number of hydrogen-bond acceptors (Lipinski definition) is 3. The zero-order chi connectivity index (χ0) is 12.7. The molecular weight excluding hydrogens is 216 g/mol. The number of carbonyl (C=O) groups excluding carboxylic acids is 1. The van der Waals surface area contributed by atoms with Crippen LogP contribution < -0.4 is 0 Å². The van der Waals surface area contributed by atoms with Gasteiger partial charge in [0.25, 0.3) is 0 Å². The quantitative estimate of drug-likeness (QED) is 0.671. The number of methoxy groups -OCH3 is 1. The largest absolute Gasteiger partial charge is 0.469 e. The molecule has 1 aliphatic rings. The average Bonchev–Trinajstić information content (AvgIpc) is 2.41. The van der Waals surface area contributed by atoms with E-state index in [1.807, 2.05) is 6.92 Å². The topological polar surface area (TPSA) is 35.5 Å². The van der Waals surface area contributed by atoms with Gasteiger partial charge < -0.3 is 9.47 Å². The molecule has 1 atom stereocenters. The predicted octanol–water partition coefficient (Wildman–Crippen LogP) is 3.17. The van der Waals surface area contributed by atoms with E-state index in [9.17, 15) is 4.79 Å². The molecule has 0 N–H and O–H groups in total. The van der Waals surface area contributed by atoms with Gasteiger partial charge in [0, 0.05) is 6.61 Å². The highest BCUT2D eigenvalue weighted by Gasteiger charge is 2.45. The fraction of sp³-hybridized carbons (Fsp3) is 0.929. The third-order valence-electron chi connectivity index (χ3n) is 4.17. The normalized spacial score (nSPS) is 20.9. The summed E-state index contributed by atoms with van der Waals surface area (Å²) < 4.78 is 10.6. The van der Waals surface area contributed by atoms with Gasteiger partial charge in [-0.3, -0.25) is 4.79 Å². The highest BCUT2D eigenvalue weighted by molar-refractivity contribution is 5.77. The van der Waals surface area contributed by atoms with Crippen molar-refractivity contribution in [3.05, 3.63) is 0 Å². The fourth-order valence-electron chi connectivity index (χ4n) is 3.02. The molecule has 0 bridgehead atoms. The summed E-state index contributed by atoms with van der Waals surface area (Å²) in [5.74, 6) is 0.348. The van der Waals surface area contributed by atoms with Crippen molar-refractivity contribution in [1.29, 1.82) is 0 Å². The molecule has 0 spiro atoms. The van der Waals surface area contributed by atoms with Crippen molar-refractivity contribution in [1.82, 2.24) is 0 Å². The molecule has 0 aromatic carbocycles. The first-order valence-corrected chi connectivity index (χ1v) is 6.87. The van der Waals surface area contributed by atoms with Gasteiger partial charge in [-0.2, -0.15) is 0 Å². The number of carbonyl (C=O) groups is 1. The van der Waals surface area contributed by atoms with Crippen LogP contribution in [0.25, 0.3) is 0 Å². The molecule has 1 fully saturated rings. The molecule has 0 aliphatic heterocycles. The maximum Gasteiger partial charge on any atom is 0.314 e. The molecule has 3 heteroatoms. The summed E-state index contributed by atoms with van der Waals surface area (Å²) in [5, 5.41) is 0. The van der Waals surface area contributed by atoms with Gasteiger partial charge in [-0.1, -0.05) is 26.2 Å². The van der Waals surface area contributed by atoms with E-state index in [4.69, 9.17) is 9.47 Å². The van der Waals surface area contributed by atoms with E-state index in [-0.39, 0.29) is 5.97 Å². The van der Waals surface area contributed by atoms with Gasteiger partial charge in [-0.05, 0) is 32.1 Å². The summed E-state index contributed by atoms with van der Waals surface area (Å²) in [5.41, 5.74) is -0.412. The molecule has 3 nitrogen and oxygen atoms in total. The summed E-state index contributed by atoms with van der Waals surface area (Å²) in [4.78, 5) is 12.2. The molecule has 1 saturated carbocycles. The Balaban J connectivity index is 2.83. The van der Waals surface area contributed by atoms with Crippen molar-refractivity contribution in [3.63, 3.8) is 0 Å². The lowest BCUT2D eigenvalue weighted by Gasteiger charge is -2.39. The predicted molar refractivity (Wildman–Crippen MR) is 67.8 cm³/mol. The molecule has 1 rings (SSSR count). The van der Waals surface area contributed by atoms with Crippen molar-refractivity contribution in [3.8, 4) is 0 Å². The Morgan fingerprint density at radius 3 is 2.35 bits per heavy atom. The van der Waals surface area contributed by atoms with Crippen molar-refractivity contribution in [2.24, 2.45) is 11.3 Å². The van der Waals surface area contributed by atoms with Crippen LogP contribution in [0.4, 0.5) is 0 Å². The maximum absolute atomic E-state index is 12.2. The van der Waals surface area contributed by atoms with E-state index in [0.29, 0.717) is 19.1 Å². The van der Waals surface area contributed by atoms with E-state index >= 15 is 0 Å². The van der Waals surface area contributed by atoms with Gasteiger partial charge in [-0.25, -0.2) is 0 Å². The Kier molecular flexibility index (Phi) is 5.96. The Bertz CT molecular complexity index is 234. The lowest BCUT2D eigenvalue weighted by molar-refractivity contribution is -0.163. The molecule has 1 unspecified atom stereocenters.